The predicted octanol–water partition coefficient (Wildman–Crippen LogP) is 15.8. The largest absolute Gasteiger partial charge is 0.150 e. The van der Waals surface area contributed by atoms with E-state index in [2.05, 4.69) is 146 Å². The molecule has 8 aromatic rings. The van der Waals surface area contributed by atoms with Gasteiger partial charge in [0, 0.05) is 0 Å². The summed E-state index contributed by atoms with van der Waals surface area (Å²) in [5, 5.41) is 11.6. The minimum absolute atomic E-state index is 0. The predicted molar refractivity (Wildman–Crippen MR) is 318 cm³/mol. The van der Waals surface area contributed by atoms with Gasteiger partial charge in [-0.25, -0.2) is 0 Å². The van der Waals surface area contributed by atoms with Gasteiger partial charge in [0.2, 0.25) is 0 Å². The first-order valence-electron chi connectivity index (χ1n) is 30.3. The van der Waals surface area contributed by atoms with Crippen molar-refractivity contribution >= 4 is 49.5 Å². The molecule has 0 amide bonds. The van der Waals surface area contributed by atoms with E-state index < -0.39 is 0 Å². The summed E-state index contributed by atoms with van der Waals surface area (Å²) in [6.45, 7) is 0. The van der Waals surface area contributed by atoms with E-state index in [4.69, 9.17) is 0 Å². The maximum atomic E-state index is 2.35. The van der Waals surface area contributed by atoms with Crippen LogP contribution in [0.3, 0.4) is 0 Å². The third-order valence-electron chi connectivity index (χ3n) is 18.0. The molecule has 8 aromatic carbocycles. The Balaban J connectivity index is 0.000000135. The Labute approximate surface area is 502 Å². The van der Waals surface area contributed by atoms with E-state index in [0.717, 1.165) is 23.7 Å². The molecule has 0 radical (unpaired) electrons. The number of benzene rings is 4. The second-order valence-corrected chi connectivity index (χ2v) is 26.6. The van der Waals surface area contributed by atoms with Crippen molar-refractivity contribution in [1.29, 1.82) is 0 Å². The van der Waals surface area contributed by atoms with E-state index in [1.165, 1.54) is 236 Å². The Morgan fingerprint density at radius 3 is 0.658 bits per heavy atom. The number of hydrogen-bond acceptors (Lipinski definition) is 0. The average molecular weight is 1210 g/mol. The molecule has 400 valence electrons. The van der Waals surface area contributed by atoms with Crippen molar-refractivity contribution in [2.75, 3.05) is 0 Å². The van der Waals surface area contributed by atoms with Gasteiger partial charge in [-0.3, -0.25) is 0 Å². The molecule has 0 saturated heterocycles. The molecule has 6 aliphatic carbocycles. The summed E-state index contributed by atoms with van der Waals surface area (Å²) < 4.78 is 3.61. The second kappa shape index (κ2) is 33.2. The molecule has 4 heteroatoms. The quantitative estimate of drug-likeness (QED) is 0.154. The van der Waals surface area contributed by atoms with Crippen molar-refractivity contribution in [3.63, 3.8) is 0 Å². The molecule has 0 atom stereocenters. The summed E-state index contributed by atoms with van der Waals surface area (Å²) in [4.78, 5) is 0. The van der Waals surface area contributed by atoms with E-state index >= 15 is 0 Å². The molecule has 0 spiro atoms. The zero-order valence-electron chi connectivity index (χ0n) is 46.1. The number of rotatable bonds is 4. The van der Waals surface area contributed by atoms with Crippen molar-refractivity contribution in [2.24, 2.45) is 0 Å². The normalized spacial score (nSPS) is 18.7. The van der Waals surface area contributed by atoms with Gasteiger partial charge in [-0.2, -0.15) is 22.3 Å². The summed E-state index contributed by atoms with van der Waals surface area (Å²) >= 11 is 3.38. The van der Waals surface area contributed by atoms with Gasteiger partial charge in [0.15, 0.2) is 0 Å². The van der Waals surface area contributed by atoms with E-state index in [0.29, 0.717) is 0 Å². The van der Waals surface area contributed by atoms with Crippen molar-refractivity contribution < 1.29 is 73.3 Å². The molecule has 0 bridgehead atoms. The standard InChI is InChI=1S/4C15H17.2C6H10.2ClH.2Zr/c4*1-2-6-12(7-3-1)15-11-10-13-8-4-5-9-14(13)15;2*1-2-4-6-5-3-1;;;;/h4*4-5,8-12H,1-3,6-7H2;2*1-5H2;2*1H;;/q4*-1;;;;;2*+2/p-2. The third-order valence-corrected chi connectivity index (χ3v) is 20.4. The molecule has 0 aromatic heterocycles. The van der Waals surface area contributed by atoms with Crippen LogP contribution in [0.1, 0.15) is 239 Å². The van der Waals surface area contributed by atoms with Crippen LogP contribution in [0.25, 0.3) is 43.1 Å². The zero-order chi connectivity index (χ0) is 50.6. The van der Waals surface area contributed by atoms with Gasteiger partial charge in [0.1, 0.15) is 0 Å². The number of fused-ring (bicyclic) bond motifs is 4. The van der Waals surface area contributed by atoms with Gasteiger partial charge in [-0.05, 0) is 0 Å². The minimum Gasteiger partial charge on any atom is -0.150 e. The van der Waals surface area contributed by atoms with Crippen LogP contribution >= 0.6 is 0 Å². The smallest absolute Gasteiger partial charge is 0.0533 e. The molecule has 14 rings (SSSR count). The summed E-state index contributed by atoms with van der Waals surface area (Å²) in [5.41, 5.74) is 6.41. The van der Waals surface area contributed by atoms with Crippen LogP contribution in [0, 0.1) is 0 Å². The van der Waals surface area contributed by atoms with Crippen molar-refractivity contribution in [3.8, 4) is 0 Å². The van der Waals surface area contributed by atoms with Crippen LogP contribution in [0.15, 0.2) is 146 Å². The third kappa shape index (κ3) is 17.7. The molecular formula is C72H88Cl2Zr2-2. The van der Waals surface area contributed by atoms with Crippen LogP contribution in [0.5, 0.6) is 0 Å². The Hall–Kier alpha value is -2.59. The topological polar surface area (TPSA) is 0 Å². The Morgan fingerprint density at radius 1 is 0.263 bits per heavy atom. The maximum Gasteiger partial charge on any atom is -0.0533 e. The van der Waals surface area contributed by atoms with Gasteiger partial charge in [0.25, 0.3) is 0 Å². The molecule has 76 heavy (non-hydrogen) atoms. The van der Waals surface area contributed by atoms with Gasteiger partial charge in [-0.1, -0.05) is 176 Å². The Bertz CT molecular complexity index is 2500. The monoisotopic (exact) mass is 1200 g/mol. The second-order valence-electron chi connectivity index (χ2n) is 23.2. The van der Waals surface area contributed by atoms with E-state index in [-0.39, 0.29) is 24.8 Å². The minimum atomic E-state index is 0. The summed E-state index contributed by atoms with van der Waals surface area (Å²) in [7, 11) is 0. The van der Waals surface area contributed by atoms with Crippen molar-refractivity contribution in [1.82, 2.24) is 0 Å². The fourth-order valence-corrected chi connectivity index (χ4v) is 15.5. The van der Waals surface area contributed by atoms with Crippen molar-refractivity contribution in [3.05, 3.63) is 168 Å². The summed E-state index contributed by atoms with van der Waals surface area (Å²) in [5.74, 6) is 3.33. The maximum absolute atomic E-state index is 2.35. The summed E-state index contributed by atoms with van der Waals surface area (Å²) in [6.07, 6.45) is 42.9. The number of hydrogen-bond donors (Lipinski definition) is 0. The van der Waals surface area contributed by atoms with Crippen molar-refractivity contribution in [2.45, 2.75) is 216 Å². The average Bonchev–Trinajstić information content (AvgIpc) is 4.32. The Morgan fingerprint density at radius 2 is 0.461 bits per heavy atom. The molecular weight excluding hydrogens is 1120 g/mol. The zero-order valence-corrected chi connectivity index (χ0v) is 52.6. The molecule has 0 unspecified atom stereocenters. The molecule has 0 N–H and O–H groups in total. The van der Waals surface area contributed by atoms with E-state index in [1.807, 2.05) is 0 Å². The van der Waals surface area contributed by atoms with Crippen LogP contribution < -0.4 is 24.8 Å². The molecule has 0 aliphatic heterocycles. The fraction of sp³-hybridized carbons (Fsp3) is 0.472. The van der Waals surface area contributed by atoms with E-state index in [9.17, 15) is 0 Å². The number of halogens is 2. The first-order valence-corrected chi connectivity index (χ1v) is 32.7. The fourth-order valence-electron chi connectivity index (χ4n) is 13.7. The molecule has 6 saturated carbocycles. The SMILES string of the molecule is [Cl-].[Cl-].[Zr+2]=[C]1CCCCC1.[Zr+2]=[C]1CCCCC1.c1ccc2c(C3CCCCC3)c[cH-]c2c1.c1ccc2c(C3CCCCC3)c[cH-]c2c1.c1ccc2c(C3CCCCC3)c[cH-]c2c1.c1ccc2c(C3CCCCC3)c[cH-]c2c1. The molecule has 0 heterocycles. The summed E-state index contributed by atoms with van der Waals surface area (Å²) in [6, 6.07) is 53.7. The first kappa shape index (κ1) is 61.0. The molecule has 0 nitrogen and oxygen atoms in total. The first-order chi connectivity index (χ1) is 36.6. The molecule has 6 fully saturated rings. The van der Waals surface area contributed by atoms with Crippen LogP contribution in [-0.2, 0) is 48.5 Å². The van der Waals surface area contributed by atoms with Gasteiger partial charge >= 0.3 is 119 Å². The van der Waals surface area contributed by atoms with Gasteiger partial charge in [0.05, 0.1) is 0 Å². The van der Waals surface area contributed by atoms with E-state index in [1.54, 1.807) is 77.1 Å². The van der Waals surface area contributed by atoms with Crippen LogP contribution in [0.4, 0.5) is 0 Å². The van der Waals surface area contributed by atoms with Gasteiger partial charge < -0.3 is 24.8 Å². The van der Waals surface area contributed by atoms with Crippen LogP contribution in [-0.4, -0.2) is 6.41 Å². The van der Waals surface area contributed by atoms with Crippen LogP contribution in [0.2, 0.25) is 0 Å². The Kier molecular flexibility index (Phi) is 26.7. The molecule has 6 aliphatic rings. The van der Waals surface area contributed by atoms with Gasteiger partial charge in [-0.15, -0.1) is 164 Å².